The van der Waals surface area contributed by atoms with Crippen LogP contribution in [0, 0.1) is 0 Å². The highest BCUT2D eigenvalue weighted by Crippen LogP contribution is 2.32. The second-order valence-corrected chi connectivity index (χ2v) is 8.05. The third-order valence-corrected chi connectivity index (χ3v) is 6.15. The van der Waals surface area contributed by atoms with Gasteiger partial charge in [-0.1, -0.05) is 73.7 Å². The Hall–Kier alpha value is -3.58. The van der Waals surface area contributed by atoms with Crippen LogP contribution in [0.15, 0.2) is 77.8 Å². The highest BCUT2D eigenvalue weighted by Gasteiger charge is 2.11. The van der Waals surface area contributed by atoms with Gasteiger partial charge in [-0.15, -0.1) is 22.0 Å². The SMILES string of the molecule is CCc1nc(SCc2ccc(-c3ccccc3-c3nn[nH]n3)cc2)c2ccccc2n1. The zero-order valence-corrected chi connectivity index (χ0v) is 17.8. The molecule has 0 radical (unpaired) electrons. The number of rotatable bonds is 6. The number of benzene rings is 3. The van der Waals surface area contributed by atoms with Crippen molar-refractivity contribution in [2.45, 2.75) is 24.1 Å². The molecule has 5 rings (SSSR count). The van der Waals surface area contributed by atoms with Crippen molar-refractivity contribution in [2.75, 3.05) is 0 Å². The maximum absolute atomic E-state index is 4.77. The lowest BCUT2D eigenvalue weighted by molar-refractivity contribution is 0.881. The number of aromatic amines is 1. The maximum Gasteiger partial charge on any atom is 0.205 e. The van der Waals surface area contributed by atoms with Gasteiger partial charge in [-0.05, 0) is 28.0 Å². The topological polar surface area (TPSA) is 80.2 Å². The Morgan fingerprint density at radius 2 is 1.61 bits per heavy atom. The molecule has 0 unspecified atom stereocenters. The summed E-state index contributed by atoms with van der Waals surface area (Å²) in [5.74, 6) is 2.32. The van der Waals surface area contributed by atoms with Crippen LogP contribution in [-0.4, -0.2) is 30.6 Å². The van der Waals surface area contributed by atoms with Crippen LogP contribution in [0.1, 0.15) is 18.3 Å². The molecule has 7 heteroatoms. The quantitative estimate of drug-likeness (QED) is 0.293. The summed E-state index contributed by atoms with van der Waals surface area (Å²) >= 11 is 1.75. The molecule has 152 valence electrons. The lowest BCUT2D eigenvalue weighted by Gasteiger charge is -2.09. The standard InChI is InChI=1S/C24H20N6S/c1-2-22-25-21-10-6-5-9-20(21)24(26-22)31-15-16-11-13-17(14-12-16)18-7-3-4-8-19(18)23-27-29-30-28-23/h3-14H,2,15H2,1H3,(H,27,28,29,30). The number of thioether (sulfide) groups is 1. The van der Waals surface area contributed by atoms with Crippen molar-refractivity contribution in [2.24, 2.45) is 0 Å². The molecule has 0 fully saturated rings. The lowest BCUT2D eigenvalue weighted by atomic mass is 9.98. The highest BCUT2D eigenvalue weighted by atomic mass is 32.2. The molecular formula is C24H20N6S. The maximum atomic E-state index is 4.77. The molecule has 0 aliphatic heterocycles. The van der Waals surface area contributed by atoms with Gasteiger partial charge in [0.15, 0.2) is 0 Å². The van der Waals surface area contributed by atoms with Crippen molar-refractivity contribution in [3.05, 3.63) is 84.2 Å². The predicted octanol–water partition coefficient (Wildman–Crippen LogP) is 5.33. The van der Waals surface area contributed by atoms with Gasteiger partial charge >= 0.3 is 0 Å². The van der Waals surface area contributed by atoms with Crippen LogP contribution >= 0.6 is 11.8 Å². The first-order valence-electron chi connectivity index (χ1n) is 10.1. The van der Waals surface area contributed by atoms with Gasteiger partial charge in [0, 0.05) is 23.1 Å². The number of nitrogens with zero attached hydrogens (tertiary/aromatic N) is 5. The molecule has 5 aromatic rings. The molecule has 0 aliphatic rings. The van der Waals surface area contributed by atoms with Crippen molar-refractivity contribution in [3.63, 3.8) is 0 Å². The normalized spacial score (nSPS) is 11.1. The first-order valence-corrected chi connectivity index (χ1v) is 11.1. The fourth-order valence-corrected chi connectivity index (χ4v) is 4.49. The van der Waals surface area contributed by atoms with Crippen LogP contribution < -0.4 is 0 Å². The number of aryl methyl sites for hydroxylation is 1. The van der Waals surface area contributed by atoms with E-state index in [1.807, 2.05) is 30.3 Å². The van der Waals surface area contributed by atoms with Crippen LogP contribution in [0.2, 0.25) is 0 Å². The fourth-order valence-electron chi connectivity index (χ4n) is 3.50. The third kappa shape index (κ3) is 4.04. The van der Waals surface area contributed by atoms with E-state index >= 15 is 0 Å². The Morgan fingerprint density at radius 1 is 0.839 bits per heavy atom. The average Bonchev–Trinajstić information content (AvgIpc) is 3.37. The van der Waals surface area contributed by atoms with Gasteiger partial charge in [-0.3, -0.25) is 0 Å². The zero-order valence-electron chi connectivity index (χ0n) is 17.0. The Kier molecular flexibility index (Phi) is 5.41. The van der Waals surface area contributed by atoms with Crippen LogP contribution in [0.4, 0.5) is 0 Å². The first kappa shape index (κ1) is 19.4. The molecule has 1 N–H and O–H groups in total. The summed E-state index contributed by atoms with van der Waals surface area (Å²) in [5.41, 5.74) is 5.40. The Labute approximate surface area is 184 Å². The van der Waals surface area contributed by atoms with Crippen LogP contribution in [0.5, 0.6) is 0 Å². The summed E-state index contributed by atoms with van der Waals surface area (Å²) in [6, 6.07) is 24.9. The van der Waals surface area contributed by atoms with Gasteiger partial charge in [0.1, 0.15) is 10.9 Å². The number of tetrazole rings is 1. The van der Waals surface area contributed by atoms with Crippen molar-refractivity contribution >= 4 is 22.7 Å². The smallest absolute Gasteiger partial charge is 0.205 e. The molecule has 0 atom stereocenters. The molecule has 0 amide bonds. The summed E-state index contributed by atoms with van der Waals surface area (Å²) in [4.78, 5) is 9.41. The van der Waals surface area contributed by atoms with E-state index in [1.165, 1.54) is 5.56 Å². The first-order chi connectivity index (χ1) is 15.3. The van der Waals surface area contributed by atoms with Gasteiger partial charge in [0.25, 0.3) is 0 Å². The molecule has 2 heterocycles. The minimum atomic E-state index is 0.595. The van der Waals surface area contributed by atoms with Gasteiger partial charge < -0.3 is 0 Å². The predicted molar refractivity (Wildman–Crippen MR) is 124 cm³/mol. The highest BCUT2D eigenvalue weighted by molar-refractivity contribution is 7.98. The number of H-pyrrole nitrogens is 1. The van der Waals surface area contributed by atoms with E-state index in [9.17, 15) is 0 Å². The molecule has 31 heavy (non-hydrogen) atoms. The minimum Gasteiger partial charge on any atom is -0.233 e. The molecule has 0 saturated carbocycles. The number of fused-ring (bicyclic) bond motifs is 1. The monoisotopic (exact) mass is 424 g/mol. The van der Waals surface area contributed by atoms with E-state index in [-0.39, 0.29) is 0 Å². The lowest BCUT2D eigenvalue weighted by Crippen LogP contribution is -1.96. The summed E-state index contributed by atoms with van der Waals surface area (Å²) in [6.07, 6.45) is 0.826. The number of hydrogen-bond acceptors (Lipinski definition) is 6. The Morgan fingerprint density at radius 3 is 2.39 bits per heavy atom. The second-order valence-electron chi connectivity index (χ2n) is 7.08. The van der Waals surface area contributed by atoms with E-state index in [2.05, 4.69) is 75.0 Å². The molecule has 0 bridgehead atoms. The molecule has 2 aromatic heterocycles. The molecule has 6 nitrogen and oxygen atoms in total. The van der Waals surface area contributed by atoms with E-state index in [1.54, 1.807) is 11.8 Å². The average molecular weight is 425 g/mol. The van der Waals surface area contributed by atoms with Crippen molar-refractivity contribution in [1.29, 1.82) is 0 Å². The van der Waals surface area contributed by atoms with Crippen molar-refractivity contribution in [1.82, 2.24) is 30.6 Å². The van der Waals surface area contributed by atoms with Crippen LogP contribution in [0.3, 0.4) is 0 Å². The van der Waals surface area contributed by atoms with Gasteiger partial charge in [-0.2, -0.15) is 5.21 Å². The fraction of sp³-hybridized carbons (Fsp3) is 0.125. The molecule has 0 spiro atoms. The molecular weight excluding hydrogens is 404 g/mol. The molecule has 0 aliphatic carbocycles. The largest absolute Gasteiger partial charge is 0.233 e. The van der Waals surface area contributed by atoms with E-state index < -0.39 is 0 Å². The second kappa shape index (κ2) is 8.65. The van der Waals surface area contributed by atoms with Crippen LogP contribution in [-0.2, 0) is 12.2 Å². The number of para-hydroxylation sites is 1. The molecule has 3 aromatic carbocycles. The number of nitrogens with one attached hydrogen (secondary N) is 1. The van der Waals surface area contributed by atoms with Crippen LogP contribution in [0.25, 0.3) is 33.4 Å². The van der Waals surface area contributed by atoms with Gasteiger partial charge in [0.05, 0.1) is 5.52 Å². The minimum absolute atomic E-state index is 0.595. The molecule has 0 saturated heterocycles. The Balaban J connectivity index is 1.39. The van der Waals surface area contributed by atoms with E-state index in [4.69, 9.17) is 4.98 Å². The zero-order chi connectivity index (χ0) is 21.0. The van der Waals surface area contributed by atoms with E-state index in [0.717, 1.165) is 50.6 Å². The van der Waals surface area contributed by atoms with Gasteiger partial charge in [-0.25, -0.2) is 9.97 Å². The summed E-state index contributed by atoms with van der Waals surface area (Å²) < 4.78 is 0. The Bertz CT molecular complexity index is 1320. The third-order valence-electron chi connectivity index (χ3n) is 5.08. The van der Waals surface area contributed by atoms with Crippen molar-refractivity contribution in [3.8, 4) is 22.5 Å². The summed E-state index contributed by atoms with van der Waals surface area (Å²) in [6.45, 7) is 2.09. The number of hydrogen-bond donors (Lipinski definition) is 1. The van der Waals surface area contributed by atoms with E-state index in [0.29, 0.717) is 5.82 Å². The number of aromatic nitrogens is 6. The summed E-state index contributed by atoms with van der Waals surface area (Å²) in [5, 5.41) is 16.6. The van der Waals surface area contributed by atoms with Gasteiger partial charge in [0.2, 0.25) is 5.82 Å². The summed E-state index contributed by atoms with van der Waals surface area (Å²) in [7, 11) is 0. The van der Waals surface area contributed by atoms with Crippen molar-refractivity contribution < 1.29 is 0 Å².